The van der Waals surface area contributed by atoms with E-state index in [0.717, 1.165) is 108 Å². The number of piperazine rings is 1. The Labute approximate surface area is 361 Å². The van der Waals surface area contributed by atoms with Crippen LogP contribution in [0.15, 0.2) is 48.6 Å². The van der Waals surface area contributed by atoms with Crippen LogP contribution in [-0.4, -0.2) is 152 Å². The second kappa shape index (κ2) is 17.8. The highest BCUT2D eigenvalue weighted by atomic mass is 35.5. The molecule has 2 aliphatic carbocycles. The van der Waals surface area contributed by atoms with Crippen molar-refractivity contribution in [2.45, 2.75) is 74.2 Å². The molecule has 7 aliphatic rings. The average molecular weight is 867 g/mol. The van der Waals surface area contributed by atoms with Crippen molar-refractivity contribution in [1.29, 1.82) is 0 Å². The van der Waals surface area contributed by atoms with Gasteiger partial charge < -0.3 is 23.8 Å². The lowest BCUT2D eigenvalue weighted by Gasteiger charge is -2.53. The molecule has 12 nitrogen and oxygen atoms in total. The molecule has 2 bridgehead atoms. The van der Waals surface area contributed by atoms with Gasteiger partial charge in [0.2, 0.25) is 10.0 Å². The number of hydrogen-bond donors (Lipinski definition) is 1. The second-order valence-corrected chi connectivity index (χ2v) is 21.1. The molecule has 1 saturated carbocycles. The smallest absolute Gasteiger partial charge is 0.264 e. The first kappa shape index (κ1) is 42.5. The number of methoxy groups -OCH3 is 1. The minimum absolute atomic E-state index is 0.232. The van der Waals surface area contributed by atoms with Crippen molar-refractivity contribution in [3.8, 4) is 5.75 Å². The van der Waals surface area contributed by atoms with E-state index in [9.17, 15) is 13.2 Å². The molecule has 1 spiro atoms. The largest absolute Gasteiger partial charge is 0.490 e. The molecule has 1 N–H and O–H groups in total. The number of carbonyl (C=O) groups is 1. The van der Waals surface area contributed by atoms with E-state index in [-0.39, 0.29) is 17.3 Å². The summed E-state index contributed by atoms with van der Waals surface area (Å²) in [5.74, 6) is 0.400. The number of amides is 1. The van der Waals surface area contributed by atoms with Gasteiger partial charge in [-0.1, -0.05) is 36.7 Å². The van der Waals surface area contributed by atoms with Crippen molar-refractivity contribution in [3.05, 3.63) is 70.3 Å². The Hall–Kier alpha value is -2.75. The fraction of sp³-hybridized carbons (Fsp3) is 0.674. The SMILES string of the molecule is CO[C@@]1(CN2CCN3CCOC[C@@H]3C2)/C=C\C[C@H](C)[C@@H](CCN2CCOCC2)S(=O)(=O)NC(=O)c2ccc3c(c2)N(C[C@@H]2CC[C@H]21)C[C@@]1(CCCc2cc(Cl)ccc21)CO3. The number of benzene rings is 2. The molecule has 60 heavy (non-hydrogen) atoms. The Balaban J connectivity index is 1.10. The number of anilines is 1. The molecule has 2 aromatic rings. The fourth-order valence-electron chi connectivity index (χ4n) is 11.6. The summed E-state index contributed by atoms with van der Waals surface area (Å²) in [6, 6.07) is 12.1. The Morgan fingerprint density at radius 1 is 0.983 bits per heavy atom. The van der Waals surface area contributed by atoms with E-state index in [0.29, 0.717) is 69.0 Å². The number of ether oxygens (including phenoxy) is 4. The van der Waals surface area contributed by atoms with Crippen LogP contribution in [0, 0.1) is 17.8 Å². The number of morpholine rings is 2. The number of fused-ring (bicyclic) bond motifs is 5. The van der Waals surface area contributed by atoms with Gasteiger partial charge in [-0.05, 0) is 111 Å². The lowest BCUT2D eigenvalue weighted by atomic mass is 9.63. The van der Waals surface area contributed by atoms with Crippen molar-refractivity contribution < 1.29 is 32.2 Å². The zero-order chi connectivity index (χ0) is 41.5. The summed E-state index contributed by atoms with van der Waals surface area (Å²) < 4.78 is 56.6. The van der Waals surface area contributed by atoms with Gasteiger partial charge in [-0.25, -0.2) is 13.1 Å². The van der Waals surface area contributed by atoms with Gasteiger partial charge in [0.25, 0.3) is 5.91 Å². The minimum atomic E-state index is -4.08. The minimum Gasteiger partial charge on any atom is -0.490 e. The summed E-state index contributed by atoms with van der Waals surface area (Å²) in [5.41, 5.74) is 2.84. The maximum atomic E-state index is 14.5. The van der Waals surface area contributed by atoms with E-state index in [4.69, 9.17) is 30.5 Å². The van der Waals surface area contributed by atoms with Crippen LogP contribution in [0.2, 0.25) is 5.02 Å². The number of carbonyl (C=O) groups excluding carboxylic acids is 1. The Morgan fingerprint density at radius 3 is 2.65 bits per heavy atom. The number of nitrogens with one attached hydrogen (secondary N) is 1. The van der Waals surface area contributed by atoms with Crippen LogP contribution in [-0.2, 0) is 36.1 Å². The molecule has 5 aliphatic heterocycles. The fourth-order valence-corrected chi connectivity index (χ4v) is 13.5. The third-order valence-corrected chi connectivity index (χ3v) is 17.4. The van der Waals surface area contributed by atoms with Gasteiger partial charge in [0.05, 0.1) is 44.0 Å². The molecule has 7 atom stereocenters. The van der Waals surface area contributed by atoms with Crippen molar-refractivity contribution in [1.82, 2.24) is 19.4 Å². The van der Waals surface area contributed by atoms with Gasteiger partial charge in [0.15, 0.2) is 0 Å². The Kier molecular flexibility index (Phi) is 12.6. The van der Waals surface area contributed by atoms with Crippen molar-refractivity contribution in [3.63, 3.8) is 0 Å². The van der Waals surface area contributed by atoms with Crippen LogP contribution in [0.5, 0.6) is 5.75 Å². The monoisotopic (exact) mass is 865 g/mol. The van der Waals surface area contributed by atoms with Crippen LogP contribution in [0.25, 0.3) is 0 Å². The van der Waals surface area contributed by atoms with Crippen molar-refractivity contribution in [2.75, 3.05) is 110 Å². The first-order valence-corrected chi connectivity index (χ1v) is 24.4. The van der Waals surface area contributed by atoms with Crippen molar-refractivity contribution in [2.24, 2.45) is 17.8 Å². The number of rotatable bonds is 6. The molecule has 14 heteroatoms. The third-order valence-electron chi connectivity index (χ3n) is 15.2. The molecule has 3 saturated heterocycles. The molecule has 9 rings (SSSR count). The summed E-state index contributed by atoms with van der Waals surface area (Å²) in [6.07, 6.45) is 10.5. The average Bonchev–Trinajstić information content (AvgIpc) is 3.38. The summed E-state index contributed by atoms with van der Waals surface area (Å²) in [4.78, 5) is 24.0. The predicted octanol–water partition coefficient (Wildman–Crippen LogP) is 4.99. The molecule has 5 heterocycles. The Bertz CT molecular complexity index is 2020. The zero-order valence-corrected chi connectivity index (χ0v) is 37.1. The maximum absolute atomic E-state index is 14.5. The lowest BCUT2D eigenvalue weighted by molar-refractivity contribution is -0.108. The van der Waals surface area contributed by atoms with Crippen LogP contribution in [0.3, 0.4) is 0 Å². The summed E-state index contributed by atoms with van der Waals surface area (Å²) in [5, 5.41) is -0.0364. The topological polar surface area (TPSA) is 113 Å². The van der Waals surface area contributed by atoms with Gasteiger partial charge in [0.1, 0.15) is 11.4 Å². The molecule has 4 fully saturated rings. The van der Waals surface area contributed by atoms with Gasteiger partial charge in [-0.2, -0.15) is 0 Å². The van der Waals surface area contributed by atoms with Crippen LogP contribution < -0.4 is 14.4 Å². The van der Waals surface area contributed by atoms with Crippen LogP contribution >= 0.6 is 11.6 Å². The predicted molar refractivity (Wildman–Crippen MR) is 234 cm³/mol. The molecule has 0 unspecified atom stereocenters. The number of aryl methyl sites for hydroxylation is 1. The molecular weight excluding hydrogens is 802 g/mol. The number of nitrogens with zero attached hydrogens (tertiary/aromatic N) is 4. The third kappa shape index (κ3) is 8.63. The number of halogens is 1. The quantitative estimate of drug-likeness (QED) is 0.397. The van der Waals surface area contributed by atoms with Gasteiger partial charge >= 0.3 is 0 Å². The second-order valence-electron chi connectivity index (χ2n) is 18.8. The number of hydrogen-bond acceptors (Lipinski definition) is 11. The summed E-state index contributed by atoms with van der Waals surface area (Å²) in [6.45, 7) is 13.6. The normalized spacial score (nSPS) is 34.5. The Morgan fingerprint density at radius 2 is 1.83 bits per heavy atom. The van der Waals surface area contributed by atoms with E-state index in [1.165, 1.54) is 11.1 Å². The van der Waals surface area contributed by atoms with E-state index in [1.807, 2.05) is 32.2 Å². The molecule has 328 valence electrons. The summed E-state index contributed by atoms with van der Waals surface area (Å²) in [7, 11) is -2.21. The summed E-state index contributed by atoms with van der Waals surface area (Å²) >= 11 is 6.55. The van der Waals surface area contributed by atoms with Gasteiger partial charge in [-0.15, -0.1) is 0 Å². The molecule has 0 radical (unpaired) electrons. The van der Waals surface area contributed by atoms with Crippen LogP contribution in [0.4, 0.5) is 5.69 Å². The number of allylic oxidation sites excluding steroid dienone is 1. The molecular formula is C46H64ClN5O7S. The highest BCUT2D eigenvalue weighted by Crippen LogP contribution is 2.49. The maximum Gasteiger partial charge on any atom is 0.264 e. The molecule has 1 amide bonds. The first-order chi connectivity index (χ1) is 29.0. The number of sulfonamides is 1. The highest BCUT2D eigenvalue weighted by Gasteiger charge is 2.50. The standard InChI is InChI=1S/C46H64ClN5O7S/c1-33-5-3-15-46(56-2,31-50-17-18-51-21-24-58-29-38(51)28-50)40-10-7-36(40)27-52-30-45(14-4-6-34-25-37(47)9-11-39(34)45)32-59-42-12-8-35(26-41(42)52)44(53)48-60(54,55)43(33)13-16-49-19-22-57-23-20-49/h3,8-9,11-12,15,25-26,33,36,38,40,43H,4-7,10,13-14,16-24,27-32H2,1-2H3,(H,48,53)/b15-3-/t33-,36-,38-,40+,43+,45-,46+/m0/s1. The lowest BCUT2D eigenvalue weighted by Crippen LogP contribution is -2.62. The van der Waals surface area contributed by atoms with E-state index >= 15 is 0 Å². The van der Waals surface area contributed by atoms with Crippen molar-refractivity contribution >= 4 is 33.2 Å². The molecule has 0 aromatic heterocycles. The zero-order valence-electron chi connectivity index (χ0n) is 35.5. The molecule has 2 aromatic carbocycles. The van der Waals surface area contributed by atoms with Gasteiger partial charge in [0, 0.05) is 88.1 Å². The van der Waals surface area contributed by atoms with E-state index in [2.05, 4.69) is 48.6 Å². The first-order valence-electron chi connectivity index (χ1n) is 22.5. The van der Waals surface area contributed by atoms with Crippen LogP contribution in [0.1, 0.15) is 66.9 Å². The highest BCUT2D eigenvalue weighted by molar-refractivity contribution is 7.90. The van der Waals surface area contributed by atoms with Gasteiger partial charge in [-0.3, -0.25) is 19.5 Å². The van der Waals surface area contributed by atoms with E-state index in [1.54, 1.807) is 6.07 Å². The van der Waals surface area contributed by atoms with E-state index < -0.39 is 26.8 Å².